The van der Waals surface area contributed by atoms with Crippen LogP contribution in [-0.2, 0) is 0 Å². The van der Waals surface area contributed by atoms with E-state index in [0.717, 1.165) is 0 Å². The van der Waals surface area contributed by atoms with Gasteiger partial charge >= 0.3 is 0 Å². The van der Waals surface area contributed by atoms with Crippen molar-refractivity contribution in [3.8, 4) is 0 Å². The maximum atomic E-state index is 9.25. The summed E-state index contributed by atoms with van der Waals surface area (Å²) in [4.78, 5) is 0. The predicted molar refractivity (Wildman–Crippen MR) is 68.6 cm³/mol. The van der Waals surface area contributed by atoms with Gasteiger partial charge in [-0.2, -0.15) is 0 Å². The number of hydrogen-bond donors (Lipinski definition) is 2. The van der Waals surface area contributed by atoms with Crippen LogP contribution >= 0.6 is 0 Å². The maximum Gasteiger partial charge on any atom is 0.0608 e. The SMILES string of the molecule is Cc1cccc(C(C)NC(C)(C)CO)c1C. The molecule has 0 bridgehead atoms. The van der Waals surface area contributed by atoms with Gasteiger partial charge in [-0.05, 0) is 51.3 Å². The summed E-state index contributed by atoms with van der Waals surface area (Å²) in [6, 6.07) is 6.61. The Balaban J connectivity index is 2.89. The van der Waals surface area contributed by atoms with Crippen LogP contribution in [0.4, 0.5) is 0 Å². The van der Waals surface area contributed by atoms with Gasteiger partial charge in [-0.25, -0.2) is 0 Å². The molecule has 0 fully saturated rings. The Morgan fingerprint density at radius 1 is 1.31 bits per heavy atom. The number of hydrogen-bond acceptors (Lipinski definition) is 2. The average molecular weight is 221 g/mol. The third kappa shape index (κ3) is 3.06. The van der Waals surface area contributed by atoms with E-state index in [4.69, 9.17) is 0 Å². The molecule has 0 radical (unpaired) electrons. The third-order valence-electron chi connectivity index (χ3n) is 3.12. The molecule has 2 N–H and O–H groups in total. The molecule has 2 heteroatoms. The quantitative estimate of drug-likeness (QED) is 0.819. The summed E-state index contributed by atoms with van der Waals surface area (Å²) >= 11 is 0. The second kappa shape index (κ2) is 4.98. The van der Waals surface area contributed by atoms with Crippen LogP contribution in [0.1, 0.15) is 43.5 Å². The van der Waals surface area contributed by atoms with Crippen LogP contribution < -0.4 is 5.32 Å². The van der Waals surface area contributed by atoms with Crippen molar-refractivity contribution < 1.29 is 5.11 Å². The second-order valence-corrected chi connectivity index (χ2v) is 5.20. The van der Waals surface area contributed by atoms with E-state index in [2.05, 4.69) is 44.3 Å². The monoisotopic (exact) mass is 221 g/mol. The molecular weight excluding hydrogens is 198 g/mol. The summed E-state index contributed by atoms with van der Waals surface area (Å²) in [6.07, 6.45) is 0. The number of aliphatic hydroxyl groups excluding tert-OH is 1. The molecule has 1 aromatic rings. The molecule has 0 aromatic heterocycles. The summed E-state index contributed by atoms with van der Waals surface area (Å²) in [6.45, 7) is 10.6. The van der Waals surface area contributed by atoms with E-state index in [1.165, 1.54) is 16.7 Å². The Labute approximate surface area is 98.7 Å². The van der Waals surface area contributed by atoms with Gasteiger partial charge in [0.15, 0.2) is 0 Å². The Hall–Kier alpha value is -0.860. The summed E-state index contributed by atoms with van der Waals surface area (Å²) in [5.74, 6) is 0. The highest BCUT2D eigenvalue weighted by Crippen LogP contribution is 2.22. The molecule has 1 unspecified atom stereocenters. The first kappa shape index (κ1) is 13.2. The van der Waals surface area contributed by atoms with E-state index in [1.807, 2.05) is 13.8 Å². The number of aliphatic hydroxyl groups is 1. The molecule has 16 heavy (non-hydrogen) atoms. The van der Waals surface area contributed by atoms with Gasteiger partial charge in [0.05, 0.1) is 6.61 Å². The fourth-order valence-corrected chi connectivity index (χ4v) is 1.95. The van der Waals surface area contributed by atoms with Crippen molar-refractivity contribution in [1.29, 1.82) is 0 Å². The molecule has 1 atom stereocenters. The standard InChI is InChI=1S/C14H23NO/c1-10-7-6-8-13(11(10)2)12(3)15-14(4,5)9-16/h6-8,12,15-16H,9H2,1-5H3. The van der Waals surface area contributed by atoms with Gasteiger partial charge in [0.25, 0.3) is 0 Å². The van der Waals surface area contributed by atoms with Crippen molar-refractivity contribution in [3.63, 3.8) is 0 Å². The second-order valence-electron chi connectivity index (χ2n) is 5.20. The van der Waals surface area contributed by atoms with E-state index >= 15 is 0 Å². The lowest BCUT2D eigenvalue weighted by atomic mass is 9.96. The zero-order valence-corrected chi connectivity index (χ0v) is 11.0. The Kier molecular flexibility index (Phi) is 4.11. The van der Waals surface area contributed by atoms with Gasteiger partial charge < -0.3 is 10.4 Å². The minimum Gasteiger partial charge on any atom is -0.394 e. The fourth-order valence-electron chi connectivity index (χ4n) is 1.95. The first-order valence-corrected chi connectivity index (χ1v) is 5.82. The highest BCUT2D eigenvalue weighted by molar-refractivity contribution is 5.35. The Bertz CT molecular complexity index is 358. The van der Waals surface area contributed by atoms with Crippen molar-refractivity contribution in [2.75, 3.05) is 6.61 Å². The van der Waals surface area contributed by atoms with Gasteiger partial charge in [0, 0.05) is 11.6 Å². The third-order valence-corrected chi connectivity index (χ3v) is 3.12. The number of benzene rings is 1. The van der Waals surface area contributed by atoms with Crippen LogP contribution in [-0.4, -0.2) is 17.3 Å². The fraction of sp³-hybridized carbons (Fsp3) is 0.571. The van der Waals surface area contributed by atoms with Crippen molar-refractivity contribution in [2.45, 2.75) is 46.2 Å². The molecule has 0 aliphatic carbocycles. The van der Waals surface area contributed by atoms with Crippen LogP contribution in [0.3, 0.4) is 0 Å². The molecule has 0 heterocycles. The summed E-state index contributed by atoms with van der Waals surface area (Å²) in [5.41, 5.74) is 3.71. The molecule has 1 rings (SSSR count). The van der Waals surface area contributed by atoms with Gasteiger partial charge in [-0.1, -0.05) is 18.2 Å². The van der Waals surface area contributed by atoms with E-state index in [-0.39, 0.29) is 18.2 Å². The van der Waals surface area contributed by atoms with Crippen LogP contribution in [0, 0.1) is 13.8 Å². The lowest BCUT2D eigenvalue weighted by Crippen LogP contribution is -2.44. The number of aryl methyl sites for hydroxylation is 1. The lowest BCUT2D eigenvalue weighted by Gasteiger charge is -2.29. The van der Waals surface area contributed by atoms with E-state index < -0.39 is 0 Å². The average Bonchev–Trinajstić information content (AvgIpc) is 2.21. The summed E-state index contributed by atoms with van der Waals surface area (Å²) < 4.78 is 0. The van der Waals surface area contributed by atoms with Crippen molar-refractivity contribution in [3.05, 3.63) is 34.9 Å². The highest BCUT2D eigenvalue weighted by Gasteiger charge is 2.20. The van der Waals surface area contributed by atoms with E-state index in [0.29, 0.717) is 0 Å². The smallest absolute Gasteiger partial charge is 0.0608 e. The molecule has 0 aliphatic rings. The minimum absolute atomic E-state index is 0.141. The molecule has 1 aromatic carbocycles. The Morgan fingerprint density at radius 3 is 2.50 bits per heavy atom. The first-order chi connectivity index (χ1) is 7.37. The highest BCUT2D eigenvalue weighted by atomic mass is 16.3. The topological polar surface area (TPSA) is 32.3 Å². The lowest BCUT2D eigenvalue weighted by molar-refractivity contribution is 0.177. The van der Waals surface area contributed by atoms with Gasteiger partial charge in [-0.3, -0.25) is 0 Å². The zero-order valence-electron chi connectivity index (χ0n) is 11.0. The van der Waals surface area contributed by atoms with E-state index in [1.54, 1.807) is 0 Å². The number of nitrogens with one attached hydrogen (secondary N) is 1. The maximum absolute atomic E-state index is 9.25. The van der Waals surface area contributed by atoms with Gasteiger partial charge in [-0.15, -0.1) is 0 Å². The molecule has 90 valence electrons. The zero-order chi connectivity index (χ0) is 12.3. The van der Waals surface area contributed by atoms with Gasteiger partial charge in [0.1, 0.15) is 0 Å². The van der Waals surface area contributed by atoms with Crippen molar-refractivity contribution in [1.82, 2.24) is 5.32 Å². The molecule has 0 aliphatic heterocycles. The predicted octanol–water partition coefficient (Wildman–Crippen LogP) is 2.72. The van der Waals surface area contributed by atoms with Crippen LogP contribution in [0.2, 0.25) is 0 Å². The Morgan fingerprint density at radius 2 is 1.94 bits per heavy atom. The van der Waals surface area contributed by atoms with Crippen LogP contribution in [0.5, 0.6) is 0 Å². The largest absolute Gasteiger partial charge is 0.394 e. The van der Waals surface area contributed by atoms with Crippen LogP contribution in [0.25, 0.3) is 0 Å². The molecular formula is C14H23NO. The summed E-state index contributed by atoms with van der Waals surface area (Å²) in [5, 5.41) is 12.7. The van der Waals surface area contributed by atoms with Crippen molar-refractivity contribution >= 4 is 0 Å². The van der Waals surface area contributed by atoms with E-state index in [9.17, 15) is 5.11 Å². The summed E-state index contributed by atoms with van der Waals surface area (Å²) in [7, 11) is 0. The van der Waals surface area contributed by atoms with Crippen molar-refractivity contribution in [2.24, 2.45) is 0 Å². The van der Waals surface area contributed by atoms with Crippen LogP contribution in [0.15, 0.2) is 18.2 Å². The number of rotatable bonds is 4. The first-order valence-electron chi connectivity index (χ1n) is 5.82. The normalized spacial score (nSPS) is 13.9. The molecule has 2 nitrogen and oxygen atoms in total. The minimum atomic E-state index is -0.240. The molecule has 0 saturated carbocycles. The van der Waals surface area contributed by atoms with Gasteiger partial charge in [0.2, 0.25) is 0 Å². The molecule has 0 saturated heterocycles. The molecule has 0 spiro atoms. The molecule has 0 amide bonds.